The van der Waals surface area contributed by atoms with Crippen molar-refractivity contribution in [2.75, 3.05) is 6.61 Å². The second-order valence-electron chi connectivity index (χ2n) is 8.99. The van der Waals surface area contributed by atoms with Crippen LogP contribution in [0, 0.1) is 20.9 Å². The summed E-state index contributed by atoms with van der Waals surface area (Å²) in [5.41, 5.74) is 1.39. The number of rotatable bonds is 5. The second-order valence-corrected chi connectivity index (χ2v) is 8.99. The summed E-state index contributed by atoms with van der Waals surface area (Å²) in [5, 5.41) is 11.2. The lowest BCUT2D eigenvalue weighted by molar-refractivity contribution is -0.384. The molecular formula is C23H28N2O4. The molecule has 0 unspecified atom stereocenters. The molecule has 1 aliphatic rings. The van der Waals surface area contributed by atoms with Crippen molar-refractivity contribution in [1.29, 1.82) is 0 Å². The van der Waals surface area contributed by atoms with Gasteiger partial charge in [-0.1, -0.05) is 54.2 Å². The molecule has 6 nitrogen and oxygen atoms in total. The molecule has 0 radical (unpaired) electrons. The number of aliphatic imine (C=N–C) groups is 1. The van der Waals surface area contributed by atoms with E-state index in [1.807, 2.05) is 41.5 Å². The lowest BCUT2D eigenvalue weighted by Gasteiger charge is -2.31. The van der Waals surface area contributed by atoms with Gasteiger partial charge < -0.3 is 4.74 Å². The van der Waals surface area contributed by atoms with Gasteiger partial charge in [-0.25, -0.2) is 4.99 Å². The molecule has 0 spiro atoms. The normalized spacial score (nSPS) is 14.8. The number of nitrogens with zero attached hydrogens (tertiary/aromatic N) is 2. The van der Waals surface area contributed by atoms with Gasteiger partial charge in [-0.3, -0.25) is 14.9 Å². The van der Waals surface area contributed by atoms with E-state index in [1.165, 1.54) is 18.2 Å². The van der Waals surface area contributed by atoms with E-state index in [1.54, 1.807) is 18.2 Å². The first-order chi connectivity index (χ1) is 13.3. The van der Waals surface area contributed by atoms with Crippen LogP contribution in [0.5, 0.6) is 5.75 Å². The molecule has 1 aliphatic carbocycles. The number of non-ortho nitro benzene ring substituents is 1. The third-order valence-corrected chi connectivity index (χ3v) is 4.45. The zero-order valence-corrected chi connectivity index (χ0v) is 17.9. The van der Waals surface area contributed by atoms with E-state index in [0.717, 1.165) is 0 Å². The largest absolute Gasteiger partial charge is 0.487 e. The second kappa shape index (κ2) is 8.15. The Kier molecular flexibility index (Phi) is 6.26. The quantitative estimate of drug-likeness (QED) is 0.274. The summed E-state index contributed by atoms with van der Waals surface area (Å²) >= 11 is 0. The van der Waals surface area contributed by atoms with Gasteiger partial charge >= 0.3 is 0 Å². The Labute approximate surface area is 171 Å². The summed E-state index contributed by atoms with van der Waals surface area (Å²) in [7, 11) is 0. The fraction of sp³-hybridized carbons (Fsp3) is 0.391. The Morgan fingerprint density at radius 3 is 2.10 bits per heavy atom. The van der Waals surface area contributed by atoms with Crippen molar-refractivity contribution in [3.8, 4) is 5.75 Å². The molecule has 0 bridgehead atoms. The van der Waals surface area contributed by atoms with Crippen molar-refractivity contribution in [1.82, 2.24) is 0 Å². The van der Waals surface area contributed by atoms with Crippen molar-refractivity contribution in [3.05, 3.63) is 64.3 Å². The molecule has 0 atom stereocenters. The molecule has 1 aromatic carbocycles. The summed E-state index contributed by atoms with van der Waals surface area (Å²) in [4.78, 5) is 28.4. The maximum atomic E-state index is 13.1. The zero-order chi connectivity index (χ0) is 22.0. The summed E-state index contributed by atoms with van der Waals surface area (Å²) in [6.45, 7) is 15.7. The van der Waals surface area contributed by atoms with Crippen LogP contribution >= 0.6 is 0 Å². The maximum absolute atomic E-state index is 13.1. The number of Topliss-reactive ketones (excluding diaryl/α,β-unsaturated/α-hetero) is 1. The maximum Gasteiger partial charge on any atom is 0.271 e. The Morgan fingerprint density at radius 2 is 1.66 bits per heavy atom. The van der Waals surface area contributed by atoms with Crippen LogP contribution in [0.3, 0.4) is 0 Å². The monoisotopic (exact) mass is 396 g/mol. The lowest BCUT2D eigenvalue weighted by atomic mass is 9.72. The number of hydrogen-bond donors (Lipinski definition) is 0. The first-order valence-corrected chi connectivity index (χ1v) is 9.44. The van der Waals surface area contributed by atoms with Crippen LogP contribution in [0.1, 0.15) is 41.5 Å². The van der Waals surface area contributed by atoms with Crippen molar-refractivity contribution in [2.24, 2.45) is 15.8 Å². The van der Waals surface area contributed by atoms with Gasteiger partial charge in [0.1, 0.15) is 18.0 Å². The standard InChI is InChI=1S/C23H28N2O4/c1-8-11-29-20-10-9-16(25(27)28)14-19(20)24-15-12-17(22(2,3)4)21(26)18(13-15)23(5,6)7/h8-10,12-14H,1,11H2,2-7H3. The van der Waals surface area contributed by atoms with Gasteiger partial charge in [0.25, 0.3) is 5.69 Å². The van der Waals surface area contributed by atoms with E-state index in [0.29, 0.717) is 28.3 Å². The Bertz CT molecular complexity index is 903. The first-order valence-electron chi connectivity index (χ1n) is 9.44. The van der Waals surface area contributed by atoms with Crippen LogP contribution in [-0.2, 0) is 4.79 Å². The molecule has 154 valence electrons. The average Bonchev–Trinajstić information content (AvgIpc) is 2.59. The highest BCUT2D eigenvalue weighted by atomic mass is 16.6. The Morgan fingerprint density at radius 1 is 1.10 bits per heavy atom. The summed E-state index contributed by atoms with van der Waals surface area (Å²) < 4.78 is 5.62. The fourth-order valence-corrected chi connectivity index (χ4v) is 2.91. The minimum absolute atomic E-state index is 0.00567. The molecule has 0 aliphatic heterocycles. The number of ether oxygens (including phenoxy) is 1. The van der Waals surface area contributed by atoms with Gasteiger partial charge in [0.05, 0.1) is 10.6 Å². The summed E-state index contributed by atoms with van der Waals surface area (Å²) in [6.07, 6.45) is 5.11. The number of benzene rings is 1. The molecule has 0 aromatic heterocycles. The van der Waals surface area contributed by atoms with Crippen LogP contribution in [0.25, 0.3) is 0 Å². The molecule has 29 heavy (non-hydrogen) atoms. The van der Waals surface area contributed by atoms with E-state index in [2.05, 4.69) is 11.6 Å². The average molecular weight is 396 g/mol. The summed E-state index contributed by atoms with van der Waals surface area (Å²) in [5.74, 6) is 0.419. The zero-order valence-electron chi connectivity index (χ0n) is 17.9. The molecule has 0 fully saturated rings. The number of nitro groups is 1. The van der Waals surface area contributed by atoms with E-state index < -0.39 is 4.92 Å². The van der Waals surface area contributed by atoms with Gasteiger partial charge in [-0.05, 0) is 29.0 Å². The number of nitro benzene ring substituents is 1. The topological polar surface area (TPSA) is 81.8 Å². The van der Waals surface area contributed by atoms with Crippen molar-refractivity contribution in [2.45, 2.75) is 41.5 Å². The molecule has 2 rings (SSSR count). The van der Waals surface area contributed by atoms with Crippen LogP contribution in [0.2, 0.25) is 0 Å². The molecule has 0 saturated heterocycles. The third kappa shape index (κ3) is 5.28. The first kappa shape index (κ1) is 22.3. The van der Waals surface area contributed by atoms with E-state index in [9.17, 15) is 14.9 Å². The predicted octanol–water partition coefficient (Wildman–Crippen LogP) is 5.76. The van der Waals surface area contributed by atoms with Crippen molar-refractivity contribution >= 4 is 22.9 Å². The van der Waals surface area contributed by atoms with Crippen molar-refractivity contribution < 1.29 is 14.5 Å². The number of hydrogen-bond acceptors (Lipinski definition) is 5. The minimum atomic E-state index is -0.474. The van der Waals surface area contributed by atoms with Gasteiger partial charge in [0.2, 0.25) is 0 Å². The molecule has 1 aromatic rings. The minimum Gasteiger partial charge on any atom is -0.487 e. The molecule has 0 amide bonds. The molecular weight excluding hydrogens is 368 g/mol. The lowest BCUT2D eigenvalue weighted by Crippen LogP contribution is -2.29. The smallest absolute Gasteiger partial charge is 0.271 e. The SMILES string of the molecule is C=CCOc1ccc([N+](=O)[O-])cc1N=C1C=C(C(C)(C)C)C(=O)C(C(C)(C)C)=C1. The highest BCUT2D eigenvalue weighted by Crippen LogP contribution is 2.38. The van der Waals surface area contributed by atoms with Crippen molar-refractivity contribution in [3.63, 3.8) is 0 Å². The highest BCUT2D eigenvalue weighted by Gasteiger charge is 2.34. The van der Waals surface area contributed by atoms with Gasteiger partial charge in [-0.15, -0.1) is 0 Å². The Hall–Kier alpha value is -3.02. The van der Waals surface area contributed by atoms with E-state index in [4.69, 9.17) is 4.74 Å². The van der Waals surface area contributed by atoms with Crippen LogP contribution in [0.4, 0.5) is 11.4 Å². The van der Waals surface area contributed by atoms with Crippen LogP contribution in [0.15, 0.2) is 59.1 Å². The van der Waals surface area contributed by atoms with Gasteiger partial charge in [0, 0.05) is 23.3 Å². The number of ketones is 1. The fourth-order valence-electron chi connectivity index (χ4n) is 2.91. The number of carbonyl (C=O) groups excluding carboxylic acids is 1. The number of allylic oxidation sites excluding steroid dienone is 4. The molecule has 6 heteroatoms. The third-order valence-electron chi connectivity index (χ3n) is 4.45. The van der Waals surface area contributed by atoms with Crippen LogP contribution < -0.4 is 4.74 Å². The van der Waals surface area contributed by atoms with Crippen LogP contribution in [-0.4, -0.2) is 23.0 Å². The molecule has 0 N–H and O–H groups in total. The van der Waals surface area contributed by atoms with E-state index in [-0.39, 0.29) is 28.9 Å². The Balaban J connectivity index is 2.69. The van der Waals surface area contributed by atoms with Gasteiger partial charge in [-0.2, -0.15) is 0 Å². The van der Waals surface area contributed by atoms with Gasteiger partial charge in [0.15, 0.2) is 5.78 Å². The molecule has 0 heterocycles. The van der Waals surface area contributed by atoms with E-state index >= 15 is 0 Å². The number of carbonyl (C=O) groups is 1. The predicted molar refractivity (Wildman–Crippen MR) is 116 cm³/mol. The summed E-state index contributed by atoms with van der Waals surface area (Å²) in [6, 6.07) is 4.27. The highest BCUT2D eigenvalue weighted by molar-refractivity contribution is 6.23. The molecule has 0 saturated carbocycles.